The predicted molar refractivity (Wildman–Crippen MR) is 76.1 cm³/mol. The Kier molecular flexibility index (Phi) is 3.66. The molecular formula is C11H11BrIN3. The van der Waals surface area contributed by atoms with E-state index < -0.39 is 0 Å². The highest BCUT2D eigenvalue weighted by Gasteiger charge is 2.14. The molecule has 0 saturated heterocycles. The summed E-state index contributed by atoms with van der Waals surface area (Å²) in [7, 11) is 1.89. The maximum Gasteiger partial charge on any atom is 0.0594 e. The highest BCUT2D eigenvalue weighted by atomic mass is 127. The highest BCUT2D eigenvalue weighted by Crippen LogP contribution is 2.28. The Morgan fingerprint density at radius 2 is 2.25 bits per heavy atom. The summed E-state index contributed by atoms with van der Waals surface area (Å²) in [5, 5.41) is 4.13. The fraction of sp³-hybridized carbons (Fsp3) is 0.182. The number of nitrogens with zero attached hydrogens (tertiary/aromatic N) is 2. The second-order valence-electron chi connectivity index (χ2n) is 3.59. The maximum absolute atomic E-state index is 6.21. The van der Waals surface area contributed by atoms with Crippen LogP contribution in [0.25, 0.3) is 0 Å². The molecule has 0 saturated carbocycles. The van der Waals surface area contributed by atoms with Crippen LogP contribution in [0.15, 0.2) is 35.1 Å². The molecule has 0 aliphatic heterocycles. The van der Waals surface area contributed by atoms with Gasteiger partial charge < -0.3 is 5.73 Å². The summed E-state index contributed by atoms with van der Waals surface area (Å²) in [4.78, 5) is 0. The molecule has 5 heteroatoms. The predicted octanol–water partition coefficient (Wildman–Crippen LogP) is 2.84. The van der Waals surface area contributed by atoms with Gasteiger partial charge in [0.1, 0.15) is 0 Å². The third-order valence-corrected chi connectivity index (χ3v) is 3.77. The van der Waals surface area contributed by atoms with Gasteiger partial charge in [-0.15, -0.1) is 0 Å². The van der Waals surface area contributed by atoms with Crippen LogP contribution in [0, 0.1) is 3.57 Å². The Labute approximate surface area is 116 Å². The number of nitrogens with two attached hydrogens (primary N) is 1. The van der Waals surface area contributed by atoms with Gasteiger partial charge in [-0.3, -0.25) is 4.68 Å². The second-order valence-corrected chi connectivity index (χ2v) is 5.69. The molecule has 1 atom stereocenters. The van der Waals surface area contributed by atoms with E-state index >= 15 is 0 Å². The molecular weight excluding hydrogens is 381 g/mol. The summed E-state index contributed by atoms with van der Waals surface area (Å²) in [6.45, 7) is 0. The Bertz CT molecular complexity index is 510. The fourth-order valence-corrected chi connectivity index (χ4v) is 2.54. The summed E-state index contributed by atoms with van der Waals surface area (Å²) in [5.74, 6) is 0. The third-order valence-electron chi connectivity index (χ3n) is 2.38. The largest absolute Gasteiger partial charge is 0.320 e. The van der Waals surface area contributed by atoms with Crippen LogP contribution in [-0.2, 0) is 7.05 Å². The van der Waals surface area contributed by atoms with E-state index in [1.165, 1.54) is 3.57 Å². The van der Waals surface area contributed by atoms with Crippen molar-refractivity contribution >= 4 is 38.5 Å². The molecule has 2 N–H and O–H groups in total. The lowest BCUT2D eigenvalue weighted by Gasteiger charge is -2.12. The minimum atomic E-state index is -0.141. The molecule has 2 aromatic rings. The van der Waals surface area contributed by atoms with E-state index in [1.807, 2.05) is 25.4 Å². The lowest BCUT2D eigenvalue weighted by atomic mass is 10.0. The van der Waals surface area contributed by atoms with Crippen molar-refractivity contribution in [1.82, 2.24) is 9.78 Å². The molecule has 16 heavy (non-hydrogen) atoms. The van der Waals surface area contributed by atoms with E-state index in [-0.39, 0.29) is 6.04 Å². The van der Waals surface area contributed by atoms with Gasteiger partial charge in [0, 0.05) is 26.9 Å². The number of hydrogen-bond donors (Lipinski definition) is 1. The van der Waals surface area contributed by atoms with Gasteiger partial charge in [0.25, 0.3) is 0 Å². The molecule has 0 aliphatic carbocycles. The van der Waals surface area contributed by atoms with Gasteiger partial charge in [0.05, 0.1) is 12.2 Å². The number of aromatic nitrogens is 2. The van der Waals surface area contributed by atoms with Crippen LogP contribution in [0.3, 0.4) is 0 Å². The standard InChI is InChI=1S/C11H11BrIN3/c1-16-6-7(5-15-16)11(14)9-4-8(13)2-3-10(9)12/h2-6,11H,14H2,1H3. The van der Waals surface area contributed by atoms with Crippen molar-refractivity contribution < 1.29 is 0 Å². The van der Waals surface area contributed by atoms with Crippen molar-refractivity contribution in [2.24, 2.45) is 12.8 Å². The third kappa shape index (κ3) is 2.46. The van der Waals surface area contributed by atoms with Crippen molar-refractivity contribution in [3.05, 3.63) is 49.8 Å². The van der Waals surface area contributed by atoms with E-state index in [4.69, 9.17) is 5.73 Å². The molecule has 1 unspecified atom stereocenters. The molecule has 0 amide bonds. The van der Waals surface area contributed by atoms with Gasteiger partial charge in [-0.25, -0.2) is 0 Å². The SMILES string of the molecule is Cn1cc(C(N)c2cc(I)ccc2Br)cn1. The number of benzene rings is 1. The van der Waals surface area contributed by atoms with E-state index in [0.29, 0.717) is 0 Å². The average Bonchev–Trinajstić information content (AvgIpc) is 2.67. The summed E-state index contributed by atoms with van der Waals surface area (Å²) in [6.07, 6.45) is 3.74. The van der Waals surface area contributed by atoms with Crippen molar-refractivity contribution in [1.29, 1.82) is 0 Å². The van der Waals surface area contributed by atoms with Crippen molar-refractivity contribution in [3.63, 3.8) is 0 Å². The molecule has 0 fully saturated rings. The minimum Gasteiger partial charge on any atom is -0.320 e. The van der Waals surface area contributed by atoms with Gasteiger partial charge >= 0.3 is 0 Å². The lowest BCUT2D eigenvalue weighted by molar-refractivity contribution is 0.765. The zero-order valence-electron chi connectivity index (χ0n) is 8.69. The lowest BCUT2D eigenvalue weighted by Crippen LogP contribution is -2.12. The van der Waals surface area contributed by atoms with E-state index in [1.54, 1.807) is 10.9 Å². The van der Waals surface area contributed by atoms with Gasteiger partial charge in [0.2, 0.25) is 0 Å². The molecule has 0 spiro atoms. The fourth-order valence-electron chi connectivity index (χ4n) is 1.53. The van der Waals surface area contributed by atoms with Crippen molar-refractivity contribution in [3.8, 4) is 0 Å². The molecule has 0 aliphatic rings. The van der Waals surface area contributed by atoms with E-state index in [2.05, 4.69) is 49.7 Å². The Morgan fingerprint density at radius 3 is 2.88 bits per heavy atom. The quantitative estimate of drug-likeness (QED) is 0.800. The average molecular weight is 392 g/mol. The topological polar surface area (TPSA) is 43.8 Å². The molecule has 0 bridgehead atoms. The zero-order valence-corrected chi connectivity index (χ0v) is 12.4. The first-order valence-corrected chi connectivity index (χ1v) is 6.64. The Balaban J connectivity index is 2.40. The van der Waals surface area contributed by atoms with E-state index in [9.17, 15) is 0 Å². The maximum atomic E-state index is 6.21. The van der Waals surface area contributed by atoms with Crippen LogP contribution in [-0.4, -0.2) is 9.78 Å². The molecule has 84 valence electrons. The number of aryl methyl sites for hydroxylation is 1. The molecule has 3 nitrogen and oxygen atoms in total. The van der Waals surface area contributed by atoms with Crippen LogP contribution < -0.4 is 5.73 Å². The first kappa shape index (κ1) is 12.1. The van der Waals surface area contributed by atoms with Crippen LogP contribution in [0.5, 0.6) is 0 Å². The van der Waals surface area contributed by atoms with Crippen molar-refractivity contribution in [2.75, 3.05) is 0 Å². The molecule has 0 radical (unpaired) electrons. The Morgan fingerprint density at radius 1 is 1.50 bits per heavy atom. The van der Waals surface area contributed by atoms with Gasteiger partial charge in [-0.05, 0) is 46.4 Å². The van der Waals surface area contributed by atoms with Crippen LogP contribution in [0.2, 0.25) is 0 Å². The van der Waals surface area contributed by atoms with Gasteiger partial charge in [0.15, 0.2) is 0 Å². The monoisotopic (exact) mass is 391 g/mol. The van der Waals surface area contributed by atoms with Crippen LogP contribution >= 0.6 is 38.5 Å². The normalized spacial score (nSPS) is 12.8. The molecule has 1 aromatic heterocycles. The van der Waals surface area contributed by atoms with E-state index in [0.717, 1.165) is 15.6 Å². The second kappa shape index (κ2) is 4.85. The number of halogens is 2. The molecule has 2 rings (SSSR count). The van der Waals surface area contributed by atoms with Gasteiger partial charge in [-0.1, -0.05) is 15.9 Å². The number of rotatable bonds is 2. The number of hydrogen-bond acceptors (Lipinski definition) is 2. The first-order valence-electron chi connectivity index (χ1n) is 4.77. The first-order chi connectivity index (χ1) is 7.58. The van der Waals surface area contributed by atoms with Crippen molar-refractivity contribution in [2.45, 2.75) is 6.04 Å². The zero-order chi connectivity index (χ0) is 11.7. The minimum absolute atomic E-state index is 0.141. The molecule has 1 heterocycles. The highest BCUT2D eigenvalue weighted by molar-refractivity contribution is 14.1. The molecule has 1 aromatic carbocycles. The summed E-state index contributed by atoms with van der Waals surface area (Å²) < 4.78 is 3.97. The summed E-state index contributed by atoms with van der Waals surface area (Å²) >= 11 is 5.81. The van der Waals surface area contributed by atoms with Gasteiger partial charge in [-0.2, -0.15) is 5.10 Å². The smallest absolute Gasteiger partial charge is 0.0594 e. The van der Waals surface area contributed by atoms with Crippen LogP contribution in [0.1, 0.15) is 17.2 Å². The summed E-state index contributed by atoms with van der Waals surface area (Å²) in [5.41, 5.74) is 8.31. The Hall–Kier alpha value is -0.400. The summed E-state index contributed by atoms with van der Waals surface area (Å²) in [6, 6.07) is 6.01. The van der Waals surface area contributed by atoms with Crippen LogP contribution in [0.4, 0.5) is 0 Å².